The molecule has 0 fully saturated rings. The molecule has 0 saturated carbocycles. The van der Waals surface area contributed by atoms with Crippen LogP contribution in [0.5, 0.6) is 0 Å². The molecule has 0 saturated heterocycles. The van der Waals surface area contributed by atoms with Crippen molar-refractivity contribution in [2.75, 3.05) is 0 Å². The lowest BCUT2D eigenvalue weighted by atomic mass is 10.2. The summed E-state index contributed by atoms with van der Waals surface area (Å²) in [6, 6.07) is 7.32. The summed E-state index contributed by atoms with van der Waals surface area (Å²) in [5, 5.41) is 14.1. The molecule has 1 N–H and O–H groups in total. The van der Waals surface area contributed by atoms with Gasteiger partial charge in [0.05, 0.1) is 11.9 Å². The Hall–Kier alpha value is -1.04. The molecular formula is C13H15ClN2O2S. The lowest BCUT2D eigenvalue weighted by Gasteiger charge is -2.11. The minimum absolute atomic E-state index is 0.126. The first-order chi connectivity index (χ1) is 9.06. The van der Waals surface area contributed by atoms with E-state index in [9.17, 15) is 5.11 Å². The van der Waals surface area contributed by atoms with Gasteiger partial charge in [-0.15, -0.1) is 11.8 Å². The summed E-state index contributed by atoms with van der Waals surface area (Å²) in [6.45, 7) is 3.73. The molecule has 0 aliphatic carbocycles. The van der Waals surface area contributed by atoms with Crippen LogP contribution < -0.4 is 0 Å². The maximum atomic E-state index is 9.41. The minimum Gasteiger partial charge on any atom is -0.392 e. The monoisotopic (exact) mass is 298 g/mol. The molecule has 0 bridgehead atoms. The molecule has 1 heterocycles. The highest BCUT2D eigenvalue weighted by molar-refractivity contribution is 7.99. The lowest BCUT2D eigenvalue weighted by molar-refractivity contribution is 0.196. The average Bonchev–Trinajstić information content (AvgIpc) is 2.84. The van der Waals surface area contributed by atoms with Gasteiger partial charge in [0.1, 0.15) is 0 Å². The summed E-state index contributed by atoms with van der Waals surface area (Å²) >= 11 is 7.50. The van der Waals surface area contributed by atoms with E-state index in [1.807, 2.05) is 19.1 Å². The highest BCUT2D eigenvalue weighted by Gasteiger charge is 2.13. The summed E-state index contributed by atoms with van der Waals surface area (Å²) in [7, 11) is 0. The Morgan fingerprint density at radius 1 is 1.42 bits per heavy atom. The van der Waals surface area contributed by atoms with Crippen molar-refractivity contribution in [3.8, 4) is 11.4 Å². The van der Waals surface area contributed by atoms with Gasteiger partial charge in [0.15, 0.2) is 0 Å². The maximum Gasteiger partial charge on any atom is 0.236 e. The molecule has 102 valence electrons. The standard InChI is InChI=1S/C13H15ClN2O2S/c1-8(17)9(2)19-7-12-15-13(16-18-12)10-4-3-5-11(14)6-10/h3-6,8-9,17H,7H2,1-2H3. The second-order valence-corrected chi connectivity index (χ2v) is 6.08. The van der Waals surface area contributed by atoms with Gasteiger partial charge in [-0.3, -0.25) is 0 Å². The van der Waals surface area contributed by atoms with E-state index in [0.717, 1.165) is 5.56 Å². The predicted octanol–water partition coefficient (Wildman–Crippen LogP) is 3.39. The van der Waals surface area contributed by atoms with Gasteiger partial charge in [-0.05, 0) is 19.1 Å². The van der Waals surface area contributed by atoms with Crippen LogP contribution in [0.2, 0.25) is 5.02 Å². The molecule has 6 heteroatoms. The third-order valence-corrected chi connectivity index (χ3v) is 4.27. The van der Waals surface area contributed by atoms with Crippen molar-refractivity contribution >= 4 is 23.4 Å². The number of benzene rings is 1. The minimum atomic E-state index is -0.361. The van der Waals surface area contributed by atoms with Crippen molar-refractivity contribution < 1.29 is 9.63 Å². The van der Waals surface area contributed by atoms with Crippen LogP contribution in [0.1, 0.15) is 19.7 Å². The number of rotatable bonds is 5. The lowest BCUT2D eigenvalue weighted by Crippen LogP contribution is -2.15. The number of halogens is 1. The normalized spacial score (nSPS) is 14.3. The third kappa shape index (κ3) is 3.96. The topological polar surface area (TPSA) is 59.2 Å². The van der Waals surface area contributed by atoms with Gasteiger partial charge < -0.3 is 9.63 Å². The van der Waals surface area contributed by atoms with Crippen LogP contribution in [0, 0.1) is 0 Å². The Kier molecular flexibility index (Phi) is 4.85. The zero-order valence-electron chi connectivity index (χ0n) is 10.7. The smallest absolute Gasteiger partial charge is 0.236 e. The van der Waals surface area contributed by atoms with Crippen LogP contribution in [-0.2, 0) is 5.75 Å². The first-order valence-corrected chi connectivity index (χ1v) is 7.37. The van der Waals surface area contributed by atoms with Crippen molar-refractivity contribution in [3.05, 3.63) is 35.2 Å². The Morgan fingerprint density at radius 3 is 2.89 bits per heavy atom. The van der Waals surface area contributed by atoms with Crippen LogP contribution in [0.3, 0.4) is 0 Å². The van der Waals surface area contributed by atoms with Crippen LogP contribution in [0.25, 0.3) is 11.4 Å². The molecule has 0 spiro atoms. The first kappa shape index (κ1) is 14.4. The predicted molar refractivity (Wildman–Crippen MR) is 77.2 cm³/mol. The van der Waals surface area contributed by atoms with Gasteiger partial charge in [-0.2, -0.15) is 4.98 Å². The highest BCUT2D eigenvalue weighted by Crippen LogP contribution is 2.23. The molecule has 2 aromatic rings. The molecule has 2 rings (SSSR count). The Bertz CT molecular complexity index is 545. The fraction of sp³-hybridized carbons (Fsp3) is 0.385. The van der Waals surface area contributed by atoms with Crippen LogP contribution in [0.15, 0.2) is 28.8 Å². The molecule has 19 heavy (non-hydrogen) atoms. The first-order valence-electron chi connectivity index (χ1n) is 5.94. The summed E-state index contributed by atoms with van der Waals surface area (Å²) in [5.41, 5.74) is 0.830. The molecule has 0 aliphatic rings. The van der Waals surface area contributed by atoms with E-state index in [2.05, 4.69) is 10.1 Å². The molecular weight excluding hydrogens is 284 g/mol. The fourth-order valence-electron chi connectivity index (χ4n) is 1.40. The van der Waals surface area contributed by atoms with Crippen molar-refractivity contribution in [1.29, 1.82) is 0 Å². The van der Waals surface area contributed by atoms with E-state index < -0.39 is 0 Å². The van der Waals surface area contributed by atoms with Crippen molar-refractivity contribution in [2.24, 2.45) is 0 Å². The van der Waals surface area contributed by atoms with Crippen molar-refractivity contribution in [1.82, 2.24) is 10.1 Å². The summed E-state index contributed by atoms with van der Waals surface area (Å²) in [5.74, 6) is 1.66. The van der Waals surface area contributed by atoms with Gasteiger partial charge in [-0.25, -0.2) is 0 Å². The van der Waals surface area contributed by atoms with E-state index in [1.54, 1.807) is 30.8 Å². The van der Waals surface area contributed by atoms with E-state index in [4.69, 9.17) is 16.1 Å². The third-order valence-electron chi connectivity index (χ3n) is 2.70. The Morgan fingerprint density at radius 2 is 2.21 bits per heavy atom. The van der Waals surface area contributed by atoms with Gasteiger partial charge >= 0.3 is 0 Å². The van der Waals surface area contributed by atoms with E-state index >= 15 is 0 Å². The largest absolute Gasteiger partial charge is 0.392 e. The molecule has 2 unspecified atom stereocenters. The quantitative estimate of drug-likeness (QED) is 0.917. The highest BCUT2D eigenvalue weighted by atomic mass is 35.5. The number of aliphatic hydroxyl groups excluding tert-OH is 1. The Labute approximate surface area is 121 Å². The van der Waals surface area contributed by atoms with Crippen LogP contribution in [0.4, 0.5) is 0 Å². The number of thioether (sulfide) groups is 1. The molecule has 4 nitrogen and oxygen atoms in total. The van der Waals surface area contributed by atoms with E-state index in [0.29, 0.717) is 22.5 Å². The molecule has 1 aromatic carbocycles. The van der Waals surface area contributed by atoms with Gasteiger partial charge in [0.25, 0.3) is 0 Å². The number of aromatic nitrogens is 2. The van der Waals surface area contributed by atoms with Crippen molar-refractivity contribution in [2.45, 2.75) is 31.0 Å². The number of nitrogens with zero attached hydrogens (tertiary/aromatic N) is 2. The average molecular weight is 299 g/mol. The summed E-state index contributed by atoms with van der Waals surface area (Å²) in [4.78, 5) is 4.31. The maximum absolute atomic E-state index is 9.41. The second-order valence-electron chi connectivity index (χ2n) is 4.28. The number of aliphatic hydroxyl groups is 1. The van der Waals surface area contributed by atoms with E-state index in [1.165, 1.54) is 0 Å². The van der Waals surface area contributed by atoms with Gasteiger partial charge in [-0.1, -0.05) is 35.8 Å². The molecule has 0 amide bonds. The van der Waals surface area contributed by atoms with Gasteiger partial charge in [0, 0.05) is 15.8 Å². The Balaban J connectivity index is 2.03. The second kappa shape index (κ2) is 6.41. The fourth-order valence-corrected chi connectivity index (χ4v) is 2.39. The van der Waals surface area contributed by atoms with Gasteiger partial charge in [0.2, 0.25) is 11.7 Å². The molecule has 2 atom stereocenters. The summed E-state index contributed by atoms with van der Waals surface area (Å²) < 4.78 is 5.18. The number of hydrogen-bond donors (Lipinski definition) is 1. The SMILES string of the molecule is CC(O)C(C)SCc1nc(-c2cccc(Cl)c2)no1. The molecule has 0 aliphatic heterocycles. The number of hydrogen-bond acceptors (Lipinski definition) is 5. The van der Waals surface area contributed by atoms with Crippen LogP contribution in [-0.4, -0.2) is 26.6 Å². The zero-order valence-corrected chi connectivity index (χ0v) is 12.3. The van der Waals surface area contributed by atoms with Crippen molar-refractivity contribution in [3.63, 3.8) is 0 Å². The van der Waals surface area contributed by atoms with Crippen LogP contribution >= 0.6 is 23.4 Å². The summed E-state index contributed by atoms with van der Waals surface area (Å²) in [6.07, 6.45) is -0.361. The van der Waals surface area contributed by atoms with E-state index in [-0.39, 0.29) is 11.4 Å². The molecule has 0 radical (unpaired) electrons. The molecule has 1 aromatic heterocycles. The zero-order chi connectivity index (χ0) is 13.8.